The van der Waals surface area contributed by atoms with Crippen molar-refractivity contribution >= 4 is 0 Å². The zero-order chi connectivity index (χ0) is 21.9. The molecule has 0 spiro atoms. The van der Waals surface area contributed by atoms with Crippen molar-refractivity contribution < 1.29 is 21.6 Å². The van der Waals surface area contributed by atoms with Gasteiger partial charge in [0.25, 0.3) is 0 Å². The van der Waals surface area contributed by atoms with Gasteiger partial charge >= 0.3 is 0 Å². The van der Waals surface area contributed by atoms with Gasteiger partial charge in [0, 0.05) is 5.56 Å². The van der Waals surface area contributed by atoms with Crippen LogP contribution >= 0.6 is 0 Å². The summed E-state index contributed by atoms with van der Waals surface area (Å²) in [6.07, 6.45) is 23.1. The predicted octanol–water partition coefficient (Wildman–Crippen LogP) is 5.30. The van der Waals surface area contributed by atoms with Crippen molar-refractivity contribution in [2.45, 2.75) is 116 Å². The minimum absolute atomic E-state index is 0. The molecule has 0 bridgehead atoms. The molecule has 3 heteroatoms. The lowest BCUT2D eigenvalue weighted by Gasteiger charge is -2.41. The monoisotopic (exact) mass is 465 g/mol. The first-order valence-corrected chi connectivity index (χ1v) is 13.8. The molecule has 0 aliphatic carbocycles. The Hall–Kier alpha value is -0.570. The summed E-state index contributed by atoms with van der Waals surface area (Å²) in [5.74, 6) is 0. The van der Waals surface area contributed by atoms with E-state index in [9.17, 15) is 0 Å². The first-order chi connectivity index (χ1) is 15.3. The van der Waals surface area contributed by atoms with Crippen LogP contribution in [0.2, 0.25) is 0 Å². The van der Waals surface area contributed by atoms with Crippen LogP contribution in [0.1, 0.15) is 115 Å². The second kappa shape index (κ2) is 19.9. The molecular formula is C29H52ClNO. The highest BCUT2D eigenvalue weighted by molar-refractivity contribution is 5.13. The van der Waals surface area contributed by atoms with Crippen molar-refractivity contribution in [2.24, 2.45) is 0 Å². The van der Waals surface area contributed by atoms with Crippen molar-refractivity contribution in [3.63, 3.8) is 0 Å². The number of hydrogen-bond acceptors (Lipinski definition) is 1. The van der Waals surface area contributed by atoms with E-state index < -0.39 is 0 Å². The van der Waals surface area contributed by atoms with Gasteiger partial charge in [0.2, 0.25) is 0 Å². The van der Waals surface area contributed by atoms with E-state index in [4.69, 9.17) is 4.74 Å². The predicted molar refractivity (Wildman–Crippen MR) is 135 cm³/mol. The van der Waals surface area contributed by atoms with Crippen LogP contribution < -0.4 is 12.4 Å². The zero-order valence-electron chi connectivity index (χ0n) is 21.2. The number of morpholine rings is 1. The van der Waals surface area contributed by atoms with Gasteiger partial charge in [0.15, 0.2) is 0 Å². The molecule has 1 aliphatic heterocycles. The molecule has 0 N–H and O–H groups in total. The maximum Gasteiger partial charge on any atom is 0.104 e. The van der Waals surface area contributed by atoms with Crippen LogP contribution in [0.4, 0.5) is 0 Å². The average Bonchev–Trinajstić information content (AvgIpc) is 2.80. The molecular weight excluding hydrogens is 414 g/mol. The van der Waals surface area contributed by atoms with E-state index in [1.54, 1.807) is 0 Å². The van der Waals surface area contributed by atoms with Crippen LogP contribution in [0.5, 0.6) is 0 Å². The van der Waals surface area contributed by atoms with Gasteiger partial charge in [0.1, 0.15) is 19.6 Å². The molecule has 0 amide bonds. The quantitative estimate of drug-likeness (QED) is 0.199. The largest absolute Gasteiger partial charge is 1.00 e. The number of ether oxygens (including phenoxy) is 1. The van der Waals surface area contributed by atoms with Crippen LogP contribution in [-0.2, 0) is 11.3 Å². The van der Waals surface area contributed by atoms with Crippen molar-refractivity contribution in [3.05, 3.63) is 35.9 Å². The second-order valence-corrected chi connectivity index (χ2v) is 10.1. The lowest BCUT2D eigenvalue weighted by Crippen LogP contribution is -3.00. The van der Waals surface area contributed by atoms with Crippen LogP contribution in [0.25, 0.3) is 0 Å². The van der Waals surface area contributed by atoms with Gasteiger partial charge in [-0.1, -0.05) is 127 Å². The van der Waals surface area contributed by atoms with Crippen LogP contribution in [-0.4, -0.2) is 37.3 Å². The van der Waals surface area contributed by atoms with E-state index in [1.165, 1.54) is 139 Å². The van der Waals surface area contributed by atoms with E-state index >= 15 is 0 Å². The third-order valence-corrected chi connectivity index (χ3v) is 7.27. The SMILES string of the molecule is CCCCCCCCCCCCCCCCCC[N+]1(Cc2ccccc2)CCOCC1.[Cl-]. The molecule has 0 atom stereocenters. The lowest BCUT2D eigenvalue weighted by atomic mass is 10.0. The summed E-state index contributed by atoms with van der Waals surface area (Å²) in [4.78, 5) is 0. The molecule has 1 aromatic carbocycles. The maximum absolute atomic E-state index is 5.68. The van der Waals surface area contributed by atoms with Crippen LogP contribution in [0.15, 0.2) is 30.3 Å². The highest BCUT2D eigenvalue weighted by Crippen LogP contribution is 2.20. The maximum atomic E-state index is 5.68. The van der Waals surface area contributed by atoms with Crippen molar-refractivity contribution in [3.8, 4) is 0 Å². The highest BCUT2D eigenvalue weighted by Gasteiger charge is 2.30. The van der Waals surface area contributed by atoms with E-state index in [0.717, 1.165) is 13.2 Å². The van der Waals surface area contributed by atoms with Crippen LogP contribution in [0, 0.1) is 0 Å². The summed E-state index contributed by atoms with van der Waals surface area (Å²) < 4.78 is 6.92. The summed E-state index contributed by atoms with van der Waals surface area (Å²) in [6, 6.07) is 11.1. The standard InChI is InChI=1S/C29H52NO.ClH/c1-2-3-4-5-6-7-8-9-10-11-12-13-14-15-16-20-23-30(24-26-31-27-25-30)28-29-21-18-17-19-22-29;/h17-19,21-22H,2-16,20,23-28H2,1H3;1H/q+1;/p-1. The Morgan fingerprint density at radius 3 is 1.53 bits per heavy atom. The number of nitrogens with zero attached hydrogens (tertiary/aromatic N) is 1. The topological polar surface area (TPSA) is 9.23 Å². The fraction of sp³-hybridized carbons (Fsp3) is 0.793. The normalized spacial score (nSPS) is 15.4. The summed E-state index contributed by atoms with van der Waals surface area (Å²) in [5.41, 5.74) is 1.49. The van der Waals surface area contributed by atoms with Gasteiger partial charge in [0.05, 0.1) is 19.8 Å². The summed E-state index contributed by atoms with van der Waals surface area (Å²) in [6.45, 7) is 9.06. The zero-order valence-corrected chi connectivity index (χ0v) is 21.9. The van der Waals surface area contributed by atoms with Crippen molar-refractivity contribution in [1.82, 2.24) is 0 Å². The van der Waals surface area contributed by atoms with Gasteiger partial charge in [-0.25, -0.2) is 0 Å². The van der Waals surface area contributed by atoms with Gasteiger partial charge in [-0.2, -0.15) is 0 Å². The van der Waals surface area contributed by atoms with E-state index in [0.29, 0.717) is 0 Å². The smallest absolute Gasteiger partial charge is 0.104 e. The number of quaternary nitrogens is 1. The number of hydrogen-bond donors (Lipinski definition) is 0. The first-order valence-electron chi connectivity index (χ1n) is 13.8. The molecule has 1 saturated heterocycles. The van der Waals surface area contributed by atoms with E-state index in [-0.39, 0.29) is 12.4 Å². The lowest BCUT2D eigenvalue weighted by molar-refractivity contribution is -0.947. The summed E-state index contributed by atoms with van der Waals surface area (Å²) >= 11 is 0. The molecule has 1 heterocycles. The Labute approximate surface area is 206 Å². The molecule has 1 aromatic rings. The number of benzene rings is 1. The molecule has 0 saturated carbocycles. The molecule has 0 radical (unpaired) electrons. The average molecular weight is 466 g/mol. The highest BCUT2D eigenvalue weighted by atomic mass is 35.5. The third-order valence-electron chi connectivity index (χ3n) is 7.27. The molecule has 1 aliphatic rings. The van der Waals surface area contributed by atoms with Gasteiger partial charge in [-0.15, -0.1) is 0 Å². The van der Waals surface area contributed by atoms with Gasteiger partial charge < -0.3 is 21.6 Å². The van der Waals surface area contributed by atoms with E-state index in [1.807, 2.05) is 0 Å². The molecule has 0 aromatic heterocycles. The fourth-order valence-corrected chi connectivity index (χ4v) is 5.16. The summed E-state index contributed by atoms with van der Waals surface area (Å²) in [7, 11) is 0. The molecule has 1 fully saturated rings. The minimum atomic E-state index is 0. The minimum Gasteiger partial charge on any atom is -1.00 e. The Morgan fingerprint density at radius 1 is 0.625 bits per heavy atom. The molecule has 186 valence electrons. The molecule has 2 rings (SSSR count). The molecule has 2 nitrogen and oxygen atoms in total. The van der Waals surface area contributed by atoms with Gasteiger partial charge in [-0.05, 0) is 12.8 Å². The van der Waals surface area contributed by atoms with Gasteiger partial charge in [-0.3, -0.25) is 0 Å². The Bertz CT molecular complexity index is 515. The fourth-order valence-electron chi connectivity index (χ4n) is 5.16. The van der Waals surface area contributed by atoms with Crippen molar-refractivity contribution in [2.75, 3.05) is 32.8 Å². The number of rotatable bonds is 19. The first kappa shape index (κ1) is 29.5. The Kier molecular flexibility index (Phi) is 18.3. The third kappa shape index (κ3) is 13.9. The number of halogens is 1. The van der Waals surface area contributed by atoms with E-state index in [2.05, 4.69) is 37.3 Å². The van der Waals surface area contributed by atoms with Crippen molar-refractivity contribution in [1.29, 1.82) is 0 Å². The Balaban J connectivity index is 0.00000512. The van der Waals surface area contributed by atoms with Crippen LogP contribution in [0.3, 0.4) is 0 Å². The number of unbranched alkanes of at least 4 members (excludes halogenated alkanes) is 15. The molecule has 0 unspecified atom stereocenters. The summed E-state index contributed by atoms with van der Waals surface area (Å²) in [5, 5.41) is 0. The second-order valence-electron chi connectivity index (χ2n) is 10.1. The Morgan fingerprint density at radius 2 is 1.06 bits per heavy atom. The molecule has 32 heavy (non-hydrogen) atoms.